The SMILES string of the molecule is Cc1nc(NC(=O)c2ccccc2NC(=O)CNC(=O)CN2CCN(c3ccc(Nc4ncc5cc(C(=O)N(C)C)n(C6CCCC6)c5n4)nc3)CC2)sc1C. The lowest BCUT2D eigenvalue weighted by Gasteiger charge is -2.35. The van der Waals surface area contributed by atoms with Crippen LogP contribution >= 0.6 is 11.3 Å². The van der Waals surface area contributed by atoms with Gasteiger partial charge in [0.15, 0.2) is 5.13 Å². The van der Waals surface area contributed by atoms with Crippen molar-refractivity contribution < 1.29 is 19.2 Å². The maximum absolute atomic E-state index is 13.0. The normalized spacial score (nSPS) is 14.8. The summed E-state index contributed by atoms with van der Waals surface area (Å²) < 4.78 is 2.09. The van der Waals surface area contributed by atoms with E-state index in [2.05, 4.69) is 45.7 Å². The topological polar surface area (TPSA) is 183 Å². The summed E-state index contributed by atoms with van der Waals surface area (Å²) >= 11 is 1.38. The van der Waals surface area contributed by atoms with Crippen molar-refractivity contribution in [1.29, 1.82) is 0 Å². The van der Waals surface area contributed by atoms with E-state index in [1.54, 1.807) is 55.7 Å². The first-order valence-electron chi connectivity index (χ1n) is 18.7. The molecule has 17 heteroatoms. The molecule has 56 heavy (non-hydrogen) atoms. The lowest BCUT2D eigenvalue weighted by Crippen LogP contribution is -2.50. The zero-order valence-corrected chi connectivity index (χ0v) is 32.8. The van der Waals surface area contributed by atoms with Crippen molar-refractivity contribution in [3.8, 4) is 0 Å². The number of pyridine rings is 1. The van der Waals surface area contributed by atoms with Gasteiger partial charge >= 0.3 is 0 Å². The highest BCUT2D eigenvalue weighted by molar-refractivity contribution is 7.15. The number of aromatic nitrogens is 5. The molecule has 0 spiro atoms. The fourth-order valence-electron chi connectivity index (χ4n) is 7.03. The Morgan fingerprint density at radius 1 is 0.893 bits per heavy atom. The molecule has 16 nitrogen and oxygen atoms in total. The van der Waals surface area contributed by atoms with Gasteiger partial charge in [-0.05, 0) is 57.0 Å². The third kappa shape index (κ3) is 8.79. The lowest BCUT2D eigenvalue weighted by molar-refractivity contribution is -0.125. The Labute approximate surface area is 328 Å². The van der Waals surface area contributed by atoms with E-state index < -0.39 is 5.91 Å². The molecule has 1 aliphatic carbocycles. The van der Waals surface area contributed by atoms with E-state index in [1.165, 1.54) is 11.3 Å². The first-order valence-corrected chi connectivity index (χ1v) is 19.5. The number of thiazole rings is 1. The summed E-state index contributed by atoms with van der Waals surface area (Å²) in [6, 6.07) is 12.7. The van der Waals surface area contributed by atoms with Crippen LogP contribution in [0.1, 0.15) is 63.1 Å². The summed E-state index contributed by atoms with van der Waals surface area (Å²) in [5.74, 6) is -0.124. The van der Waals surface area contributed by atoms with Crippen LogP contribution in [0.25, 0.3) is 11.0 Å². The number of amides is 4. The van der Waals surface area contributed by atoms with Crippen LogP contribution in [0.4, 0.5) is 28.3 Å². The van der Waals surface area contributed by atoms with Crippen molar-refractivity contribution >= 4 is 74.3 Å². The van der Waals surface area contributed by atoms with E-state index in [-0.39, 0.29) is 36.9 Å². The predicted molar refractivity (Wildman–Crippen MR) is 217 cm³/mol. The highest BCUT2D eigenvalue weighted by Crippen LogP contribution is 2.35. The summed E-state index contributed by atoms with van der Waals surface area (Å²) in [6.07, 6.45) is 7.85. The van der Waals surface area contributed by atoms with Gasteiger partial charge in [0.1, 0.15) is 17.2 Å². The number of carbonyl (C=O) groups excluding carboxylic acids is 4. The molecule has 0 bridgehead atoms. The molecular weight excluding hydrogens is 733 g/mol. The molecule has 1 aliphatic heterocycles. The first kappa shape index (κ1) is 38.3. The van der Waals surface area contributed by atoms with E-state index in [4.69, 9.17) is 4.98 Å². The maximum Gasteiger partial charge on any atom is 0.270 e. The number of fused-ring (bicyclic) bond motifs is 1. The van der Waals surface area contributed by atoms with Crippen LogP contribution in [0, 0.1) is 13.8 Å². The van der Waals surface area contributed by atoms with Crippen molar-refractivity contribution in [2.75, 3.05) is 74.2 Å². The number of hydrogen-bond acceptors (Lipinski definition) is 12. The van der Waals surface area contributed by atoms with E-state index in [0.29, 0.717) is 60.0 Å². The molecule has 0 atom stereocenters. The van der Waals surface area contributed by atoms with Crippen LogP contribution in [0.15, 0.2) is 54.9 Å². The number of aryl methyl sites for hydroxylation is 2. The fraction of sp³-hybridized carbons (Fsp3) is 0.385. The number of nitrogens with one attached hydrogen (secondary N) is 4. The van der Waals surface area contributed by atoms with Crippen molar-refractivity contribution in [1.82, 2.24) is 39.6 Å². The molecule has 4 aromatic heterocycles. The summed E-state index contributed by atoms with van der Waals surface area (Å²) in [7, 11) is 3.52. The molecule has 4 N–H and O–H groups in total. The van der Waals surface area contributed by atoms with Gasteiger partial charge in [-0.25, -0.2) is 15.0 Å². The van der Waals surface area contributed by atoms with Crippen molar-refractivity contribution in [2.24, 2.45) is 0 Å². The zero-order valence-electron chi connectivity index (χ0n) is 32.0. The quantitative estimate of drug-likeness (QED) is 0.139. The Balaban J connectivity index is 0.877. The van der Waals surface area contributed by atoms with Gasteiger partial charge in [-0.1, -0.05) is 25.0 Å². The van der Waals surface area contributed by atoms with Crippen molar-refractivity contribution in [3.05, 3.63) is 76.7 Å². The molecule has 0 unspecified atom stereocenters. The molecule has 4 amide bonds. The fourth-order valence-corrected chi connectivity index (χ4v) is 7.84. The van der Waals surface area contributed by atoms with Crippen LogP contribution in [0.3, 0.4) is 0 Å². The molecule has 5 heterocycles. The molecule has 1 saturated heterocycles. The average Bonchev–Trinajstić information content (AvgIpc) is 3.93. The second-order valence-electron chi connectivity index (χ2n) is 14.3. The highest BCUT2D eigenvalue weighted by Gasteiger charge is 2.27. The molecule has 5 aromatic rings. The zero-order chi connectivity index (χ0) is 39.3. The van der Waals surface area contributed by atoms with Crippen LogP contribution in [-0.4, -0.2) is 111 Å². The molecule has 2 fully saturated rings. The van der Waals surface area contributed by atoms with Gasteiger partial charge < -0.3 is 30.3 Å². The van der Waals surface area contributed by atoms with Gasteiger partial charge in [0.25, 0.3) is 11.8 Å². The van der Waals surface area contributed by atoms with Crippen LogP contribution in [-0.2, 0) is 9.59 Å². The van der Waals surface area contributed by atoms with E-state index >= 15 is 0 Å². The average molecular weight is 779 g/mol. The number of rotatable bonds is 12. The molecule has 1 aromatic carbocycles. The second kappa shape index (κ2) is 16.8. The molecule has 292 valence electrons. The smallest absolute Gasteiger partial charge is 0.270 e. The largest absolute Gasteiger partial charge is 0.368 e. The summed E-state index contributed by atoms with van der Waals surface area (Å²) in [5, 5.41) is 12.8. The summed E-state index contributed by atoms with van der Waals surface area (Å²) in [6.45, 7) is 6.47. The highest BCUT2D eigenvalue weighted by atomic mass is 32.1. The Morgan fingerprint density at radius 2 is 1.66 bits per heavy atom. The van der Waals surface area contributed by atoms with Gasteiger partial charge in [0.05, 0.1) is 41.9 Å². The molecular formula is C39H46N12O4S. The van der Waals surface area contributed by atoms with Gasteiger partial charge in [0, 0.05) is 62.8 Å². The minimum absolute atomic E-state index is 0.0497. The Kier molecular flexibility index (Phi) is 11.5. The third-order valence-electron chi connectivity index (χ3n) is 10.1. The minimum atomic E-state index is -0.439. The summed E-state index contributed by atoms with van der Waals surface area (Å²) in [4.78, 5) is 76.7. The monoisotopic (exact) mass is 778 g/mol. The van der Waals surface area contributed by atoms with Gasteiger partial charge in [-0.2, -0.15) is 4.98 Å². The lowest BCUT2D eigenvalue weighted by atomic mass is 10.1. The van der Waals surface area contributed by atoms with Gasteiger partial charge in [-0.15, -0.1) is 11.3 Å². The number of nitrogens with zero attached hydrogens (tertiary/aromatic N) is 8. The van der Waals surface area contributed by atoms with E-state index in [9.17, 15) is 19.2 Å². The molecule has 7 rings (SSSR count). The maximum atomic E-state index is 13.0. The predicted octanol–water partition coefficient (Wildman–Crippen LogP) is 4.59. The Morgan fingerprint density at radius 3 is 2.36 bits per heavy atom. The number of para-hydroxylation sites is 1. The second-order valence-corrected chi connectivity index (χ2v) is 15.5. The van der Waals surface area contributed by atoms with E-state index in [1.807, 2.05) is 36.9 Å². The third-order valence-corrected chi connectivity index (χ3v) is 11.1. The molecule has 1 saturated carbocycles. The Hall–Kier alpha value is -5.94. The number of piperazine rings is 1. The van der Waals surface area contributed by atoms with Gasteiger partial charge in [0.2, 0.25) is 17.8 Å². The number of anilines is 5. The van der Waals surface area contributed by atoms with Crippen molar-refractivity contribution in [3.63, 3.8) is 0 Å². The molecule has 0 radical (unpaired) electrons. The van der Waals surface area contributed by atoms with Gasteiger partial charge in [-0.3, -0.25) is 29.4 Å². The number of carbonyl (C=O) groups is 4. The first-order chi connectivity index (χ1) is 27.0. The minimum Gasteiger partial charge on any atom is -0.368 e. The van der Waals surface area contributed by atoms with Crippen LogP contribution < -0.4 is 26.2 Å². The summed E-state index contributed by atoms with van der Waals surface area (Å²) in [5.41, 5.74) is 3.82. The Bertz CT molecular complexity index is 2220. The van der Waals surface area contributed by atoms with E-state index in [0.717, 1.165) is 53.0 Å². The number of hydrogen-bond donors (Lipinski definition) is 4. The van der Waals surface area contributed by atoms with Crippen LogP contribution in [0.2, 0.25) is 0 Å². The number of benzene rings is 1. The van der Waals surface area contributed by atoms with Crippen molar-refractivity contribution in [2.45, 2.75) is 45.6 Å². The standard InChI is InChI=1S/C39H46N12O4S/c1-24-25(2)56-39(43-24)47-36(54)29-11-7-8-12-30(29)44-33(52)22-41-34(53)23-49-15-17-50(18-16-49)28-13-14-32(40-21-28)45-38-42-20-26-19-31(37(55)48(3)4)51(35(26)46-38)27-9-5-6-10-27/h7-8,11-14,19-21,27H,5-6,9-10,15-18,22-23H2,1-4H3,(H,41,53)(H,44,52)(H,43,47,54)(H,40,42,45,46). The molecule has 2 aliphatic rings. The van der Waals surface area contributed by atoms with Crippen LogP contribution in [0.5, 0.6) is 0 Å².